The van der Waals surface area contributed by atoms with Crippen LogP contribution in [-0.2, 0) is 9.59 Å². The predicted octanol–water partition coefficient (Wildman–Crippen LogP) is 4.33. The van der Waals surface area contributed by atoms with Crippen molar-refractivity contribution in [2.24, 2.45) is 4.99 Å². The van der Waals surface area contributed by atoms with Crippen molar-refractivity contribution in [2.75, 3.05) is 18.6 Å². The monoisotopic (exact) mass is 447 g/mol. The fraction of sp³-hybridized carbons (Fsp3) is 0.286. The number of ether oxygens (including phenoxy) is 1. The molecule has 9 heteroatoms. The van der Waals surface area contributed by atoms with Crippen LogP contribution in [0.1, 0.15) is 26.0 Å². The Morgan fingerprint density at radius 1 is 1.43 bits per heavy atom. The molecule has 1 aliphatic rings. The van der Waals surface area contributed by atoms with Crippen LogP contribution in [0.5, 0.6) is 5.75 Å². The summed E-state index contributed by atoms with van der Waals surface area (Å²) < 4.78 is 10.5. The number of halogens is 1. The van der Waals surface area contributed by atoms with Gasteiger partial charge in [0.05, 0.1) is 29.3 Å². The standard InChI is InChI=1S/C21H22ClN3O4S/c1-4-9-23-19(26)13(2)30-21-24-17(12-15-6-5-10-29-15)20(27)25(21)14-7-8-18(28-3)16(22)11-14/h5-8,10-13H,4,9H2,1-3H3,(H,23,26)/b17-12-/t13-/m0/s1. The molecule has 2 amide bonds. The average molecular weight is 448 g/mol. The Morgan fingerprint density at radius 3 is 2.87 bits per heavy atom. The van der Waals surface area contributed by atoms with Gasteiger partial charge >= 0.3 is 0 Å². The lowest BCUT2D eigenvalue weighted by Gasteiger charge is -2.20. The molecule has 1 atom stereocenters. The van der Waals surface area contributed by atoms with Gasteiger partial charge in [-0.2, -0.15) is 0 Å². The molecule has 0 fully saturated rings. The fourth-order valence-corrected chi connectivity index (χ4v) is 3.91. The molecular weight excluding hydrogens is 426 g/mol. The third-order valence-corrected chi connectivity index (χ3v) is 5.59. The van der Waals surface area contributed by atoms with Gasteiger partial charge in [0, 0.05) is 12.6 Å². The number of benzene rings is 1. The summed E-state index contributed by atoms with van der Waals surface area (Å²) in [6, 6.07) is 8.49. The molecule has 0 bridgehead atoms. The van der Waals surface area contributed by atoms with Crippen LogP contribution < -0.4 is 15.0 Å². The molecule has 2 heterocycles. The van der Waals surface area contributed by atoms with Crippen molar-refractivity contribution in [3.63, 3.8) is 0 Å². The van der Waals surface area contributed by atoms with E-state index < -0.39 is 5.25 Å². The van der Waals surface area contributed by atoms with E-state index in [0.29, 0.717) is 33.9 Å². The summed E-state index contributed by atoms with van der Waals surface area (Å²) in [5, 5.41) is 3.17. The number of nitrogens with one attached hydrogen (secondary N) is 1. The summed E-state index contributed by atoms with van der Waals surface area (Å²) in [6.07, 6.45) is 3.93. The molecule has 0 saturated carbocycles. The van der Waals surface area contributed by atoms with Crippen LogP contribution in [0, 0.1) is 0 Å². The topological polar surface area (TPSA) is 84.1 Å². The van der Waals surface area contributed by atoms with Crippen molar-refractivity contribution >= 4 is 52.1 Å². The van der Waals surface area contributed by atoms with E-state index in [1.54, 1.807) is 43.3 Å². The number of carbonyl (C=O) groups is 2. The van der Waals surface area contributed by atoms with E-state index >= 15 is 0 Å². The normalized spacial score (nSPS) is 16.0. The van der Waals surface area contributed by atoms with Crippen molar-refractivity contribution in [3.8, 4) is 5.75 Å². The summed E-state index contributed by atoms with van der Waals surface area (Å²) in [4.78, 5) is 31.4. The lowest BCUT2D eigenvalue weighted by Crippen LogP contribution is -2.36. The second kappa shape index (κ2) is 9.86. The highest BCUT2D eigenvalue weighted by molar-refractivity contribution is 8.15. The molecular formula is C21H22ClN3O4S. The number of nitrogens with zero attached hydrogens (tertiary/aromatic N) is 2. The lowest BCUT2D eigenvalue weighted by molar-refractivity contribution is -0.120. The second-order valence-electron chi connectivity index (χ2n) is 6.45. The molecule has 0 unspecified atom stereocenters. The highest BCUT2D eigenvalue weighted by Crippen LogP contribution is 2.35. The molecule has 1 aliphatic heterocycles. The highest BCUT2D eigenvalue weighted by Gasteiger charge is 2.34. The van der Waals surface area contributed by atoms with Gasteiger partial charge in [-0.25, -0.2) is 4.99 Å². The number of hydrogen-bond donors (Lipinski definition) is 1. The number of amides is 2. The zero-order valence-corrected chi connectivity index (χ0v) is 18.4. The van der Waals surface area contributed by atoms with E-state index in [0.717, 1.165) is 6.42 Å². The van der Waals surface area contributed by atoms with Crippen LogP contribution in [0.2, 0.25) is 5.02 Å². The first-order valence-electron chi connectivity index (χ1n) is 9.40. The number of carbonyl (C=O) groups excluding carboxylic acids is 2. The van der Waals surface area contributed by atoms with Crippen molar-refractivity contribution in [1.82, 2.24) is 5.32 Å². The van der Waals surface area contributed by atoms with Crippen LogP contribution in [0.15, 0.2) is 51.7 Å². The lowest BCUT2D eigenvalue weighted by atomic mass is 10.2. The Bertz CT molecular complexity index is 988. The largest absolute Gasteiger partial charge is 0.495 e. The third-order valence-electron chi connectivity index (χ3n) is 4.25. The van der Waals surface area contributed by atoms with Crippen LogP contribution in [0.25, 0.3) is 6.08 Å². The number of hydrogen-bond acceptors (Lipinski definition) is 6. The van der Waals surface area contributed by atoms with Crippen LogP contribution >= 0.6 is 23.4 Å². The van der Waals surface area contributed by atoms with E-state index in [4.69, 9.17) is 20.8 Å². The molecule has 0 saturated heterocycles. The van der Waals surface area contributed by atoms with Gasteiger partial charge < -0.3 is 14.5 Å². The van der Waals surface area contributed by atoms with Crippen LogP contribution in [0.3, 0.4) is 0 Å². The SMILES string of the molecule is CCCNC(=O)[C@H](C)SC1=N/C(=C\c2ccco2)C(=O)N1c1ccc(OC)c(Cl)c1. The van der Waals surface area contributed by atoms with E-state index in [2.05, 4.69) is 10.3 Å². The molecule has 0 aliphatic carbocycles. The number of aliphatic imine (C=N–C) groups is 1. The molecule has 158 valence electrons. The van der Waals surface area contributed by atoms with Crippen LogP contribution in [-0.4, -0.2) is 35.9 Å². The molecule has 2 aromatic rings. The summed E-state index contributed by atoms with van der Waals surface area (Å²) in [7, 11) is 1.52. The summed E-state index contributed by atoms with van der Waals surface area (Å²) >= 11 is 7.47. The number of anilines is 1. The van der Waals surface area contributed by atoms with Crippen molar-refractivity contribution in [1.29, 1.82) is 0 Å². The second-order valence-corrected chi connectivity index (χ2v) is 8.17. The first-order chi connectivity index (χ1) is 14.4. The molecule has 7 nitrogen and oxygen atoms in total. The molecule has 3 rings (SSSR count). The third kappa shape index (κ3) is 4.88. The van der Waals surface area contributed by atoms with Gasteiger partial charge in [0.25, 0.3) is 5.91 Å². The number of thioether (sulfide) groups is 1. The smallest absolute Gasteiger partial charge is 0.283 e. The Balaban J connectivity index is 1.94. The summed E-state index contributed by atoms with van der Waals surface area (Å²) in [5.74, 6) is 0.552. The first kappa shape index (κ1) is 22.0. The number of rotatable bonds is 7. The number of methoxy groups -OCH3 is 1. The minimum atomic E-state index is -0.442. The van der Waals surface area contributed by atoms with Gasteiger partial charge in [-0.15, -0.1) is 0 Å². The predicted molar refractivity (Wildman–Crippen MR) is 120 cm³/mol. The maximum atomic E-state index is 13.1. The Labute approximate surface area is 184 Å². The van der Waals surface area contributed by atoms with Gasteiger partial charge in [-0.1, -0.05) is 30.3 Å². The van der Waals surface area contributed by atoms with Gasteiger partial charge in [-0.3, -0.25) is 14.5 Å². The Kier molecular flexibility index (Phi) is 7.23. The maximum absolute atomic E-state index is 13.1. The van der Waals surface area contributed by atoms with E-state index in [-0.39, 0.29) is 17.5 Å². The van der Waals surface area contributed by atoms with E-state index in [1.165, 1.54) is 30.0 Å². The summed E-state index contributed by atoms with van der Waals surface area (Å²) in [5.41, 5.74) is 0.738. The van der Waals surface area contributed by atoms with Gasteiger partial charge in [0.2, 0.25) is 5.91 Å². The minimum Gasteiger partial charge on any atom is -0.495 e. The zero-order valence-electron chi connectivity index (χ0n) is 16.8. The zero-order chi connectivity index (χ0) is 21.7. The van der Waals surface area contributed by atoms with Crippen molar-refractivity contribution in [3.05, 3.63) is 53.1 Å². The van der Waals surface area contributed by atoms with Crippen LogP contribution in [0.4, 0.5) is 5.69 Å². The molecule has 1 aromatic heterocycles. The quantitative estimate of drug-likeness (QED) is 0.638. The summed E-state index contributed by atoms with van der Waals surface area (Å²) in [6.45, 7) is 4.35. The molecule has 1 N–H and O–H groups in total. The van der Waals surface area contributed by atoms with E-state index in [1.807, 2.05) is 6.92 Å². The fourth-order valence-electron chi connectivity index (χ4n) is 2.71. The Morgan fingerprint density at radius 2 is 2.23 bits per heavy atom. The number of furan rings is 1. The average Bonchev–Trinajstić information content (AvgIpc) is 3.34. The molecule has 30 heavy (non-hydrogen) atoms. The van der Waals surface area contributed by atoms with E-state index in [9.17, 15) is 9.59 Å². The van der Waals surface area contributed by atoms with Gasteiger partial charge in [-0.05, 0) is 43.7 Å². The van der Waals surface area contributed by atoms with Crippen molar-refractivity contribution in [2.45, 2.75) is 25.5 Å². The molecule has 1 aromatic carbocycles. The molecule has 0 spiro atoms. The first-order valence-corrected chi connectivity index (χ1v) is 10.7. The number of amidine groups is 1. The highest BCUT2D eigenvalue weighted by atomic mass is 35.5. The van der Waals surface area contributed by atoms with Crippen molar-refractivity contribution < 1.29 is 18.7 Å². The maximum Gasteiger partial charge on any atom is 0.283 e. The minimum absolute atomic E-state index is 0.117. The van der Waals surface area contributed by atoms with Gasteiger partial charge in [0.1, 0.15) is 17.2 Å². The Hall–Kier alpha value is -2.71. The van der Waals surface area contributed by atoms with Gasteiger partial charge in [0.15, 0.2) is 5.17 Å². The molecule has 0 radical (unpaired) electrons.